The van der Waals surface area contributed by atoms with Crippen LogP contribution in [0.25, 0.3) is 0 Å². The molecule has 0 aliphatic carbocycles. The van der Waals surface area contributed by atoms with Gasteiger partial charge in [-0.3, -0.25) is 14.5 Å². The number of ether oxygens (including phenoxy) is 2. The van der Waals surface area contributed by atoms with E-state index >= 15 is 0 Å². The molecule has 1 aliphatic rings. The maximum Gasteiger partial charge on any atom is 0.333 e. The predicted octanol–water partition coefficient (Wildman–Crippen LogP) is -0.0643. The summed E-state index contributed by atoms with van der Waals surface area (Å²) in [5, 5.41) is 9.46. The van der Waals surface area contributed by atoms with Crippen molar-refractivity contribution in [1.29, 1.82) is 0 Å². The molecule has 1 N–H and O–H groups in total. The topological polar surface area (TPSA) is 93.1 Å². The van der Waals surface area contributed by atoms with Crippen LogP contribution in [0.2, 0.25) is 0 Å². The summed E-state index contributed by atoms with van der Waals surface area (Å²) in [6.07, 6.45) is -1.48. The zero-order chi connectivity index (χ0) is 14.6. The second kappa shape index (κ2) is 6.33. The fourth-order valence-corrected chi connectivity index (χ4v) is 1.45. The molecule has 1 fully saturated rings. The minimum absolute atomic E-state index is 0.159. The first kappa shape index (κ1) is 15.2. The molecule has 2 atom stereocenters. The monoisotopic (exact) mass is 271 g/mol. The van der Waals surface area contributed by atoms with Gasteiger partial charge in [-0.2, -0.15) is 0 Å². The molecule has 2 unspecified atom stereocenters. The van der Waals surface area contributed by atoms with Crippen LogP contribution in [0.1, 0.15) is 26.7 Å². The molecular weight excluding hydrogens is 254 g/mol. The summed E-state index contributed by atoms with van der Waals surface area (Å²) >= 11 is 0. The number of aliphatic hydroxyl groups is 1. The van der Waals surface area contributed by atoms with Gasteiger partial charge >= 0.3 is 11.9 Å². The number of rotatable bonds is 5. The van der Waals surface area contributed by atoms with E-state index in [1.54, 1.807) is 6.92 Å². The van der Waals surface area contributed by atoms with Crippen LogP contribution in [0.3, 0.4) is 0 Å². The van der Waals surface area contributed by atoms with Crippen LogP contribution in [-0.4, -0.2) is 46.9 Å². The Kier molecular flexibility index (Phi) is 5.05. The lowest BCUT2D eigenvalue weighted by Gasteiger charge is -2.43. The fraction of sp³-hybridized carbons (Fsp3) is 0.583. The van der Waals surface area contributed by atoms with Gasteiger partial charge in [0.1, 0.15) is 6.23 Å². The highest BCUT2D eigenvalue weighted by molar-refractivity contribution is 5.89. The molecule has 0 aromatic carbocycles. The van der Waals surface area contributed by atoms with Gasteiger partial charge in [-0.05, 0) is 6.92 Å². The number of carbonyl (C=O) groups is 3. The molecule has 0 spiro atoms. The van der Waals surface area contributed by atoms with Gasteiger partial charge in [0.2, 0.25) is 0 Å². The molecule has 0 aromatic heterocycles. The van der Waals surface area contributed by atoms with Crippen molar-refractivity contribution in [3.63, 3.8) is 0 Å². The van der Waals surface area contributed by atoms with Crippen molar-refractivity contribution in [3.05, 3.63) is 12.2 Å². The summed E-state index contributed by atoms with van der Waals surface area (Å²) in [5.41, 5.74) is 0.172. The summed E-state index contributed by atoms with van der Waals surface area (Å²) in [6.45, 7) is 5.93. The van der Waals surface area contributed by atoms with E-state index < -0.39 is 36.9 Å². The molecule has 1 aliphatic heterocycles. The van der Waals surface area contributed by atoms with Crippen LogP contribution in [0, 0.1) is 0 Å². The Balaban J connectivity index is 2.48. The highest BCUT2D eigenvalue weighted by Gasteiger charge is 2.43. The van der Waals surface area contributed by atoms with Crippen molar-refractivity contribution in [3.8, 4) is 0 Å². The number of amides is 1. The summed E-state index contributed by atoms with van der Waals surface area (Å²) in [4.78, 5) is 34.9. The molecule has 1 rings (SSSR count). The van der Waals surface area contributed by atoms with E-state index in [1.165, 1.54) is 6.92 Å². The maximum atomic E-state index is 11.7. The average molecular weight is 271 g/mol. The third-order valence-corrected chi connectivity index (χ3v) is 2.56. The molecule has 0 bridgehead atoms. The van der Waals surface area contributed by atoms with Gasteiger partial charge in [0.25, 0.3) is 5.91 Å². The van der Waals surface area contributed by atoms with Crippen LogP contribution in [0.15, 0.2) is 12.2 Å². The number of aliphatic hydroxyl groups excluding tert-OH is 1. The minimum atomic E-state index is -1.02. The highest BCUT2D eigenvalue weighted by atomic mass is 16.6. The summed E-state index contributed by atoms with van der Waals surface area (Å²) in [5.74, 6) is -1.78. The van der Waals surface area contributed by atoms with Gasteiger partial charge in [0.05, 0.1) is 0 Å². The number of carbonyl (C=O) groups excluding carboxylic acids is 3. The molecule has 7 nitrogen and oxygen atoms in total. The second-order valence-corrected chi connectivity index (χ2v) is 4.17. The van der Waals surface area contributed by atoms with Crippen LogP contribution < -0.4 is 0 Å². The molecule has 106 valence electrons. The third kappa shape index (κ3) is 3.78. The molecule has 1 heterocycles. The van der Waals surface area contributed by atoms with Crippen molar-refractivity contribution in [2.24, 2.45) is 0 Å². The SMILES string of the molecule is C=C(C)C(=O)OCC(=O)N1C(O)CC1OC(=O)CC. The second-order valence-electron chi connectivity index (χ2n) is 4.17. The van der Waals surface area contributed by atoms with Gasteiger partial charge in [0.15, 0.2) is 12.8 Å². The zero-order valence-electron chi connectivity index (χ0n) is 10.9. The lowest BCUT2D eigenvalue weighted by atomic mass is 10.1. The Morgan fingerprint density at radius 1 is 1.42 bits per heavy atom. The van der Waals surface area contributed by atoms with E-state index in [4.69, 9.17) is 4.74 Å². The third-order valence-electron chi connectivity index (χ3n) is 2.56. The Hall–Kier alpha value is -1.89. The predicted molar refractivity (Wildman–Crippen MR) is 63.4 cm³/mol. The van der Waals surface area contributed by atoms with Crippen LogP contribution >= 0.6 is 0 Å². The zero-order valence-corrected chi connectivity index (χ0v) is 10.9. The summed E-state index contributed by atoms with van der Waals surface area (Å²) < 4.78 is 9.61. The smallest absolute Gasteiger partial charge is 0.333 e. The fourth-order valence-electron chi connectivity index (χ4n) is 1.45. The quantitative estimate of drug-likeness (QED) is 0.556. The Morgan fingerprint density at radius 3 is 2.53 bits per heavy atom. The number of esters is 2. The number of likely N-dealkylation sites (tertiary alicyclic amines) is 1. The standard InChI is InChI=1S/C12H17NO6/c1-4-11(16)19-10-5-8(14)13(10)9(15)6-18-12(17)7(2)3/h8,10,14H,2,4-6H2,1,3H3. The van der Waals surface area contributed by atoms with Gasteiger partial charge in [-0.15, -0.1) is 0 Å². The Bertz CT molecular complexity index is 405. The molecule has 0 aromatic rings. The lowest BCUT2D eigenvalue weighted by molar-refractivity contribution is -0.223. The summed E-state index contributed by atoms with van der Waals surface area (Å²) in [6, 6.07) is 0. The first-order valence-electron chi connectivity index (χ1n) is 5.88. The molecule has 0 radical (unpaired) electrons. The van der Waals surface area contributed by atoms with E-state index in [2.05, 4.69) is 11.3 Å². The molecule has 0 saturated carbocycles. The van der Waals surface area contributed by atoms with Gasteiger partial charge in [-0.1, -0.05) is 13.5 Å². The number of hydrogen-bond donors (Lipinski definition) is 1. The first-order valence-corrected chi connectivity index (χ1v) is 5.88. The Morgan fingerprint density at radius 2 is 2.05 bits per heavy atom. The molecular formula is C12H17NO6. The van der Waals surface area contributed by atoms with Crippen molar-refractivity contribution < 1.29 is 29.0 Å². The van der Waals surface area contributed by atoms with Crippen LogP contribution in [-0.2, 0) is 23.9 Å². The van der Waals surface area contributed by atoms with Gasteiger partial charge < -0.3 is 14.6 Å². The summed E-state index contributed by atoms with van der Waals surface area (Å²) in [7, 11) is 0. The lowest BCUT2D eigenvalue weighted by Crippen LogP contribution is -2.61. The maximum absolute atomic E-state index is 11.7. The molecule has 1 saturated heterocycles. The van der Waals surface area contributed by atoms with Crippen molar-refractivity contribution in [2.45, 2.75) is 39.1 Å². The number of hydrogen-bond acceptors (Lipinski definition) is 6. The van der Waals surface area contributed by atoms with Crippen molar-refractivity contribution >= 4 is 17.8 Å². The van der Waals surface area contributed by atoms with Crippen molar-refractivity contribution in [1.82, 2.24) is 4.90 Å². The average Bonchev–Trinajstić information content (AvgIpc) is 2.34. The Labute approximate surface area is 110 Å². The molecule has 7 heteroatoms. The van der Waals surface area contributed by atoms with Crippen LogP contribution in [0.5, 0.6) is 0 Å². The van der Waals surface area contributed by atoms with Gasteiger partial charge in [-0.25, -0.2) is 4.79 Å². The highest BCUT2D eigenvalue weighted by Crippen LogP contribution is 2.25. The largest absolute Gasteiger partial charge is 0.452 e. The first-order chi connectivity index (χ1) is 8.86. The minimum Gasteiger partial charge on any atom is -0.452 e. The van der Waals surface area contributed by atoms with E-state index in [9.17, 15) is 19.5 Å². The van der Waals surface area contributed by atoms with E-state index in [0.29, 0.717) is 0 Å². The van der Waals surface area contributed by atoms with E-state index in [0.717, 1.165) is 4.90 Å². The van der Waals surface area contributed by atoms with Gasteiger partial charge in [0, 0.05) is 18.4 Å². The van der Waals surface area contributed by atoms with Crippen LogP contribution in [0.4, 0.5) is 0 Å². The molecule has 19 heavy (non-hydrogen) atoms. The number of nitrogens with zero attached hydrogens (tertiary/aromatic N) is 1. The van der Waals surface area contributed by atoms with Crippen molar-refractivity contribution in [2.75, 3.05) is 6.61 Å². The van der Waals surface area contributed by atoms with E-state index in [1.807, 2.05) is 0 Å². The van der Waals surface area contributed by atoms with E-state index in [-0.39, 0.29) is 18.4 Å². The molecule has 1 amide bonds. The normalized spacial score (nSPS) is 21.3.